The lowest BCUT2D eigenvalue weighted by Crippen LogP contribution is -2.48. The van der Waals surface area contributed by atoms with Crippen molar-refractivity contribution in [1.82, 2.24) is 9.80 Å². The fraction of sp³-hybridized carbons (Fsp3) is 0.591. The van der Waals surface area contributed by atoms with Gasteiger partial charge in [0.25, 0.3) is 5.91 Å². The molecule has 3 rings (SSSR count). The molecule has 0 N–H and O–H groups in total. The zero-order chi connectivity index (χ0) is 21.8. The maximum atomic E-state index is 13.2. The van der Waals surface area contributed by atoms with E-state index in [-0.39, 0.29) is 53.6 Å². The van der Waals surface area contributed by atoms with Crippen LogP contribution in [0.25, 0.3) is 0 Å². The molecule has 162 valence electrons. The Balaban J connectivity index is 2.00. The van der Waals surface area contributed by atoms with Gasteiger partial charge in [-0.1, -0.05) is 6.07 Å². The number of benzene rings is 1. The largest absolute Gasteiger partial charge is 0.489 e. The normalized spacial score (nSPS) is 28.2. The van der Waals surface area contributed by atoms with Crippen LogP contribution in [0.2, 0.25) is 0 Å². The Morgan fingerprint density at radius 3 is 2.67 bits per heavy atom. The molecule has 8 nitrogen and oxygen atoms in total. The standard InChI is InChI=1S/C22H29N3O5/c1-14-21(26)24(2)11-10-16-8-9-18(28-4)19(30-16)13-29-20-15(12-23)6-5-7-17(20)22(27)25(14)3/h5-7,14,16,18-19H,8-11,13H2,1-4H3/t14-,16+,18+,19+/m1/s1. The maximum Gasteiger partial charge on any atom is 0.258 e. The minimum Gasteiger partial charge on any atom is -0.489 e. The van der Waals surface area contributed by atoms with Crippen LogP contribution in [0.5, 0.6) is 5.75 Å². The Kier molecular flexibility index (Phi) is 6.95. The summed E-state index contributed by atoms with van der Waals surface area (Å²) in [6.45, 7) is 2.41. The Bertz CT molecular complexity index is 837. The summed E-state index contributed by atoms with van der Waals surface area (Å²) in [5.41, 5.74) is 0.510. The number of likely N-dealkylation sites (N-methyl/N-ethyl adjacent to an activating group) is 2. The van der Waals surface area contributed by atoms with Gasteiger partial charge in [-0.05, 0) is 38.3 Å². The van der Waals surface area contributed by atoms with Crippen LogP contribution in [0.4, 0.5) is 0 Å². The topological polar surface area (TPSA) is 92.1 Å². The zero-order valence-corrected chi connectivity index (χ0v) is 18.0. The zero-order valence-electron chi connectivity index (χ0n) is 18.0. The van der Waals surface area contributed by atoms with Crippen molar-refractivity contribution >= 4 is 11.8 Å². The Labute approximate surface area is 177 Å². The highest BCUT2D eigenvalue weighted by Gasteiger charge is 2.34. The van der Waals surface area contributed by atoms with Gasteiger partial charge in [-0.3, -0.25) is 9.59 Å². The summed E-state index contributed by atoms with van der Waals surface area (Å²) >= 11 is 0. The van der Waals surface area contributed by atoms with Gasteiger partial charge in [0.1, 0.15) is 30.6 Å². The summed E-state index contributed by atoms with van der Waals surface area (Å²) in [6, 6.07) is 6.30. The van der Waals surface area contributed by atoms with E-state index in [1.807, 2.05) is 0 Å². The second-order valence-corrected chi connectivity index (χ2v) is 7.89. The molecule has 4 atom stereocenters. The summed E-state index contributed by atoms with van der Waals surface area (Å²) in [6.07, 6.45) is 1.87. The first kappa shape index (κ1) is 22.1. The molecule has 8 heteroatoms. The lowest BCUT2D eigenvalue weighted by molar-refractivity contribution is -0.146. The second kappa shape index (κ2) is 9.45. The van der Waals surface area contributed by atoms with Crippen molar-refractivity contribution in [2.24, 2.45) is 0 Å². The quantitative estimate of drug-likeness (QED) is 0.695. The maximum absolute atomic E-state index is 13.2. The molecule has 30 heavy (non-hydrogen) atoms. The van der Waals surface area contributed by atoms with Gasteiger partial charge in [0.15, 0.2) is 0 Å². The molecule has 1 fully saturated rings. The van der Waals surface area contributed by atoms with Crippen LogP contribution >= 0.6 is 0 Å². The molecule has 1 aromatic carbocycles. The van der Waals surface area contributed by atoms with Gasteiger partial charge in [0.2, 0.25) is 5.91 Å². The first-order valence-electron chi connectivity index (χ1n) is 10.2. The number of rotatable bonds is 1. The van der Waals surface area contributed by atoms with Crippen molar-refractivity contribution in [3.8, 4) is 11.8 Å². The van der Waals surface area contributed by atoms with Crippen molar-refractivity contribution in [2.75, 3.05) is 34.4 Å². The number of methoxy groups -OCH3 is 1. The molecule has 2 aliphatic heterocycles. The molecule has 0 saturated carbocycles. The summed E-state index contributed by atoms with van der Waals surface area (Å²) in [5.74, 6) is -0.314. The molecular weight excluding hydrogens is 386 g/mol. The van der Waals surface area contributed by atoms with Crippen molar-refractivity contribution in [2.45, 2.75) is 50.5 Å². The van der Waals surface area contributed by atoms with Crippen molar-refractivity contribution in [1.29, 1.82) is 5.26 Å². The van der Waals surface area contributed by atoms with E-state index in [9.17, 15) is 14.9 Å². The highest BCUT2D eigenvalue weighted by molar-refractivity contribution is 6.00. The van der Waals surface area contributed by atoms with Crippen molar-refractivity contribution < 1.29 is 23.8 Å². The van der Waals surface area contributed by atoms with E-state index < -0.39 is 6.04 Å². The number of amides is 2. The molecule has 0 spiro atoms. The number of carbonyl (C=O) groups is 2. The third-order valence-corrected chi connectivity index (χ3v) is 6.04. The van der Waals surface area contributed by atoms with Crippen LogP contribution in [0, 0.1) is 11.3 Å². The molecule has 1 aromatic rings. The number of ether oxygens (including phenoxy) is 3. The third kappa shape index (κ3) is 4.42. The van der Waals surface area contributed by atoms with E-state index in [4.69, 9.17) is 14.2 Å². The van der Waals surface area contributed by atoms with Crippen LogP contribution in [0.15, 0.2) is 18.2 Å². The van der Waals surface area contributed by atoms with Crippen LogP contribution in [0.3, 0.4) is 0 Å². The van der Waals surface area contributed by atoms with Gasteiger partial charge in [0, 0.05) is 27.7 Å². The SMILES string of the molecule is CO[C@H]1CC[C@H]2CCN(C)C(=O)[C@@H](C)N(C)C(=O)c3cccc(C#N)c3OC[C@@H]1O2. The number of nitriles is 1. The minimum absolute atomic E-state index is 0.0106. The molecular formula is C22H29N3O5. The summed E-state index contributed by atoms with van der Waals surface area (Å²) in [7, 11) is 4.97. The average Bonchev–Trinajstić information content (AvgIpc) is 2.78. The van der Waals surface area contributed by atoms with Gasteiger partial charge >= 0.3 is 0 Å². The molecule has 0 radical (unpaired) electrons. The van der Waals surface area contributed by atoms with E-state index in [2.05, 4.69) is 6.07 Å². The smallest absolute Gasteiger partial charge is 0.258 e. The van der Waals surface area contributed by atoms with E-state index >= 15 is 0 Å². The van der Waals surface area contributed by atoms with Crippen molar-refractivity contribution in [3.05, 3.63) is 29.3 Å². The summed E-state index contributed by atoms with van der Waals surface area (Å²) in [4.78, 5) is 29.1. The van der Waals surface area contributed by atoms with Gasteiger partial charge in [-0.25, -0.2) is 0 Å². The lowest BCUT2D eigenvalue weighted by atomic mass is 9.99. The van der Waals surface area contributed by atoms with Gasteiger partial charge < -0.3 is 24.0 Å². The fourth-order valence-corrected chi connectivity index (χ4v) is 3.98. The monoisotopic (exact) mass is 415 g/mol. The number of nitrogens with zero attached hydrogens (tertiary/aromatic N) is 3. The van der Waals surface area contributed by atoms with E-state index in [1.54, 1.807) is 51.2 Å². The molecule has 2 bridgehead atoms. The number of hydrogen-bond acceptors (Lipinski definition) is 6. The Morgan fingerprint density at radius 2 is 1.97 bits per heavy atom. The number of fused-ring (bicyclic) bond motifs is 3. The van der Waals surface area contributed by atoms with Crippen LogP contribution < -0.4 is 4.74 Å². The first-order chi connectivity index (χ1) is 14.4. The van der Waals surface area contributed by atoms with Crippen LogP contribution in [0.1, 0.15) is 42.1 Å². The molecule has 2 heterocycles. The molecule has 2 aliphatic rings. The van der Waals surface area contributed by atoms with E-state index in [1.165, 1.54) is 4.90 Å². The van der Waals surface area contributed by atoms with E-state index in [0.717, 1.165) is 12.8 Å². The third-order valence-electron chi connectivity index (χ3n) is 6.04. The number of carbonyl (C=O) groups excluding carboxylic acids is 2. The van der Waals surface area contributed by atoms with Crippen molar-refractivity contribution in [3.63, 3.8) is 0 Å². The van der Waals surface area contributed by atoms with Gasteiger partial charge in [0.05, 0.1) is 23.3 Å². The molecule has 0 unspecified atom stereocenters. The highest BCUT2D eigenvalue weighted by atomic mass is 16.6. The van der Waals surface area contributed by atoms with E-state index in [0.29, 0.717) is 13.0 Å². The first-order valence-corrected chi connectivity index (χ1v) is 10.2. The summed E-state index contributed by atoms with van der Waals surface area (Å²) < 4.78 is 17.8. The minimum atomic E-state index is -0.651. The molecule has 0 aliphatic carbocycles. The predicted octanol–water partition coefficient (Wildman–Crippen LogP) is 1.82. The fourth-order valence-electron chi connectivity index (χ4n) is 3.98. The molecule has 2 amide bonds. The highest BCUT2D eigenvalue weighted by Crippen LogP contribution is 2.29. The molecule has 1 saturated heterocycles. The van der Waals surface area contributed by atoms with Crippen LogP contribution in [-0.4, -0.2) is 80.3 Å². The second-order valence-electron chi connectivity index (χ2n) is 7.89. The Hall–Kier alpha value is -2.63. The number of para-hydroxylation sites is 1. The lowest BCUT2D eigenvalue weighted by Gasteiger charge is -2.37. The summed E-state index contributed by atoms with van der Waals surface area (Å²) in [5, 5.41) is 9.55. The Morgan fingerprint density at radius 1 is 1.20 bits per heavy atom. The van der Waals surface area contributed by atoms with Gasteiger partial charge in [-0.2, -0.15) is 5.26 Å². The van der Waals surface area contributed by atoms with Crippen LogP contribution in [-0.2, 0) is 14.3 Å². The molecule has 0 aromatic heterocycles. The average molecular weight is 415 g/mol. The van der Waals surface area contributed by atoms with Gasteiger partial charge in [-0.15, -0.1) is 0 Å². The predicted molar refractivity (Wildman–Crippen MR) is 109 cm³/mol. The number of hydrogen-bond donors (Lipinski definition) is 0.